The minimum atomic E-state index is -0.0875. The van der Waals surface area contributed by atoms with Crippen molar-refractivity contribution in [2.75, 3.05) is 11.9 Å². The van der Waals surface area contributed by atoms with Gasteiger partial charge in [-0.3, -0.25) is 4.79 Å². The predicted molar refractivity (Wildman–Crippen MR) is 125 cm³/mol. The lowest BCUT2D eigenvalue weighted by Crippen LogP contribution is -2.26. The van der Waals surface area contributed by atoms with Gasteiger partial charge in [0.25, 0.3) is 5.91 Å². The number of hydrogen-bond donors (Lipinski definition) is 0. The Balaban J connectivity index is 1.63. The molecular weight excluding hydrogens is 384 g/mol. The molecule has 0 unspecified atom stereocenters. The van der Waals surface area contributed by atoms with E-state index in [1.165, 1.54) is 0 Å². The lowest BCUT2D eigenvalue weighted by Gasteiger charge is -2.19. The third kappa shape index (κ3) is 3.34. The number of benzene rings is 3. The Hall–Kier alpha value is -3.99. The summed E-state index contributed by atoms with van der Waals surface area (Å²) in [7, 11) is 1.81. The van der Waals surface area contributed by atoms with Gasteiger partial charge in [-0.25, -0.2) is 9.67 Å². The van der Waals surface area contributed by atoms with E-state index in [0.29, 0.717) is 12.1 Å². The molecular formula is C26H22N4O. The highest BCUT2D eigenvalue weighted by molar-refractivity contribution is 6.14. The highest BCUT2D eigenvalue weighted by atomic mass is 16.2. The van der Waals surface area contributed by atoms with E-state index < -0.39 is 0 Å². The van der Waals surface area contributed by atoms with Crippen molar-refractivity contribution in [3.05, 3.63) is 90.6 Å². The number of hydrogen-bond acceptors (Lipinski definition) is 3. The van der Waals surface area contributed by atoms with Gasteiger partial charge in [0.15, 0.2) is 5.65 Å². The standard InChI is InChI=1S/C26H22N4O/c1-3-30-25-23(17-27-30)22(16-24(28-25)19-10-5-4-6-11-19)26(31)29(2)21-14-13-18-9-7-8-12-20(18)15-21/h4-17H,3H2,1-2H3. The normalized spacial score (nSPS) is 11.2. The zero-order valence-corrected chi connectivity index (χ0v) is 17.5. The van der Waals surface area contributed by atoms with Crippen molar-refractivity contribution >= 4 is 33.4 Å². The molecule has 0 aliphatic carbocycles. The van der Waals surface area contributed by atoms with Crippen LogP contribution in [0.1, 0.15) is 17.3 Å². The molecule has 0 aliphatic heterocycles. The summed E-state index contributed by atoms with van der Waals surface area (Å²) in [4.78, 5) is 20.2. The van der Waals surface area contributed by atoms with E-state index in [-0.39, 0.29) is 5.91 Å². The Morgan fingerprint density at radius 1 is 0.935 bits per heavy atom. The van der Waals surface area contributed by atoms with Crippen LogP contribution in [0.4, 0.5) is 5.69 Å². The average Bonchev–Trinajstić information content (AvgIpc) is 3.26. The number of aromatic nitrogens is 3. The van der Waals surface area contributed by atoms with Crippen molar-refractivity contribution in [2.45, 2.75) is 13.5 Å². The van der Waals surface area contributed by atoms with Crippen LogP contribution in [0, 0.1) is 0 Å². The third-order valence-corrected chi connectivity index (χ3v) is 5.63. The number of carbonyl (C=O) groups is 1. The second-order valence-electron chi connectivity index (χ2n) is 7.51. The smallest absolute Gasteiger partial charge is 0.258 e. The molecule has 0 radical (unpaired) electrons. The molecule has 1 amide bonds. The third-order valence-electron chi connectivity index (χ3n) is 5.63. The average molecular weight is 406 g/mol. The molecule has 5 aromatic rings. The monoisotopic (exact) mass is 406 g/mol. The molecule has 0 saturated carbocycles. The summed E-state index contributed by atoms with van der Waals surface area (Å²) < 4.78 is 1.83. The molecule has 0 saturated heterocycles. The topological polar surface area (TPSA) is 51.0 Å². The first kappa shape index (κ1) is 19.0. The lowest BCUT2D eigenvalue weighted by atomic mass is 10.1. The largest absolute Gasteiger partial charge is 0.311 e. The minimum absolute atomic E-state index is 0.0875. The van der Waals surface area contributed by atoms with Gasteiger partial charge >= 0.3 is 0 Å². The molecule has 5 nitrogen and oxygen atoms in total. The van der Waals surface area contributed by atoms with Crippen LogP contribution in [0.3, 0.4) is 0 Å². The van der Waals surface area contributed by atoms with E-state index in [0.717, 1.165) is 38.8 Å². The van der Waals surface area contributed by atoms with Crippen LogP contribution in [0.2, 0.25) is 0 Å². The van der Waals surface area contributed by atoms with E-state index in [9.17, 15) is 4.79 Å². The van der Waals surface area contributed by atoms with E-state index in [1.807, 2.05) is 85.4 Å². The van der Waals surface area contributed by atoms with Crippen LogP contribution in [-0.4, -0.2) is 27.7 Å². The van der Waals surface area contributed by atoms with Crippen LogP contribution in [-0.2, 0) is 6.54 Å². The fourth-order valence-corrected chi connectivity index (χ4v) is 3.90. The minimum Gasteiger partial charge on any atom is -0.311 e. The summed E-state index contributed by atoms with van der Waals surface area (Å²) >= 11 is 0. The number of fused-ring (bicyclic) bond motifs is 2. The Labute approximate surface area is 180 Å². The second kappa shape index (κ2) is 7.69. The second-order valence-corrected chi connectivity index (χ2v) is 7.51. The van der Waals surface area contributed by atoms with Crippen LogP contribution in [0.5, 0.6) is 0 Å². The van der Waals surface area contributed by atoms with Crippen LogP contribution in [0.15, 0.2) is 85.1 Å². The van der Waals surface area contributed by atoms with Gasteiger partial charge in [-0.15, -0.1) is 0 Å². The lowest BCUT2D eigenvalue weighted by molar-refractivity contribution is 0.0994. The van der Waals surface area contributed by atoms with Crippen LogP contribution >= 0.6 is 0 Å². The van der Waals surface area contributed by atoms with Crippen molar-refractivity contribution < 1.29 is 4.79 Å². The van der Waals surface area contributed by atoms with Gasteiger partial charge < -0.3 is 4.90 Å². The zero-order chi connectivity index (χ0) is 21.4. The molecule has 2 aromatic heterocycles. The summed E-state index contributed by atoms with van der Waals surface area (Å²) in [6.45, 7) is 2.70. The van der Waals surface area contributed by atoms with Gasteiger partial charge in [0, 0.05) is 24.8 Å². The quantitative estimate of drug-likeness (QED) is 0.393. The molecule has 152 valence electrons. The van der Waals surface area contributed by atoms with Crippen LogP contribution < -0.4 is 4.90 Å². The Bertz CT molecular complexity index is 1410. The van der Waals surface area contributed by atoms with E-state index in [2.05, 4.69) is 17.2 Å². The predicted octanol–water partition coefficient (Wildman–Crippen LogP) is 5.55. The van der Waals surface area contributed by atoms with Crippen LogP contribution in [0.25, 0.3) is 33.1 Å². The van der Waals surface area contributed by atoms with E-state index in [1.54, 1.807) is 11.1 Å². The number of carbonyl (C=O) groups excluding carboxylic acids is 1. The Kier molecular flexibility index (Phi) is 4.71. The van der Waals surface area contributed by atoms with Gasteiger partial charge in [0.2, 0.25) is 0 Å². The summed E-state index contributed by atoms with van der Waals surface area (Å²) in [6, 6.07) is 26.0. The van der Waals surface area contributed by atoms with E-state index in [4.69, 9.17) is 4.98 Å². The molecule has 0 N–H and O–H groups in total. The first-order valence-electron chi connectivity index (χ1n) is 10.3. The summed E-state index contributed by atoms with van der Waals surface area (Å²) in [5.74, 6) is -0.0875. The molecule has 3 aromatic carbocycles. The number of anilines is 1. The van der Waals surface area contributed by atoms with Gasteiger partial charge in [-0.05, 0) is 35.9 Å². The SMILES string of the molecule is CCn1ncc2c(C(=O)N(C)c3ccc4ccccc4c3)cc(-c3ccccc3)nc21. The first-order chi connectivity index (χ1) is 15.2. The van der Waals surface area contributed by atoms with E-state index >= 15 is 0 Å². The maximum atomic E-state index is 13.6. The first-order valence-corrected chi connectivity index (χ1v) is 10.3. The molecule has 5 heteroatoms. The summed E-state index contributed by atoms with van der Waals surface area (Å²) in [5.41, 5.74) is 3.89. The zero-order valence-electron chi connectivity index (χ0n) is 17.5. The summed E-state index contributed by atoms with van der Waals surface area (Å²) in [5, 5.41) is 7.46. The maximum Gasteiger partial charge on any atom is 0.258 e. The number of rotatable bonds is 4. The van der Waals surface area contributed by atoms with Gasteiger partial charge in [0.05, 0.1) is 22.8 Å². The molecule has 5 rings (SSSR count). The fraction of sp³-hybridized carbons (Fsp3) is 0.115. The molecule has 0 spiro atoms. The van der Waals surface area contributed by atoms with Gasteiger partial charge in [-0.1, -0.05) is 60.7 Å². The Morgan fingerprint density at radius 3 is 2.45 bits per heavy atom. The van der Waals surface area contributed by atoms with Crippen molar-refractivity contribution in [3.63, 3.8) is 0 Å². The van der Waals surface area contributed by atoms with Crippen molar-refractivity contribution in [2.24, 2.45) is 0 Å². The number of amides is 1. The maximum absolute atomic E-state index is 13.6. The van der Waals surface area contributed by atoms with Crippen molar-refractivity contribution in [1.29, 1.82) is 0 Å². The highest BCUT2D eigenvalue weighted by Gasteiger charge is 2.21. The molecule has 31 heavy (non-hydrogen) atoms. The number of aryl methyl sites for hydroxylation is 1. The number of pyridine rings is 1. The molecule has 0 atom stereocenters. The van der Waals surface area contributed by atoms with Gasteiger partial charge in [0.1, 0.15) is 0 Å². The van der Waals surface area contributed by atoms with Crippen molar-refractivity contribution in [3.8, 4) is 11.3 Å². The fourth-order valence-electron chi connectivity index (χ4n) is 3.90. The molecule has 0 aliphatic rings. The number of nitrogens with zero attached hydrogens (tertiary/aromatic N) is 4. The molecule has 0 fully saturated rings. The molecule has 0 bridgehead atoms. The Morgan fingerprint density at radius 2 is 1.68 bits per heavy atom. The van der Waals surface area contributed by atoms with Gasteiger partial charge in [-0.2, -0.15) is 5.10 Å². The summed E-state index contributed by atoms with van der Waals surface area (Å²) in [6.07, 6.45) is 1.74. The highest BCUT2D eigenvalue weighted by Crippen LogP contribution is 2.28. The van der Waals surface area contributed by atoms with Crippen molar-refractivity contribution in [1.82, 2.24) is 14.8 Å². The molecule has 2 heterocycles.